The van der Waals surface area contributed by atoms with Crippen molar-refractivity contribution in [3.8, 4) is 17.2 Å². The van der Waals surface area contributed by atoms with Gasteiger partial charge in [-0.15, -0.1) is 0 Å². The normalized spacial score (nSPS) is 10.6. The van der Waals surface area contributed by atoms with Gasteiger partial charge in [-0.3, -0.25) is 9.59 Å². The van der Waals surface area contributed by atoms with Gasteiger partial charge in [0.05, 0.1) is 30.1 Å². The van der Waals surface area contributed by atoms with Crippen LogP contribution in [0.4, 0.5) is 5.69 Å². The summed E-state index contributed by atoms with van der Waals surface area (Å²) < 4.78 is 18.1. The summed E-state index contributed by atoms with van der Waals surface area (Å²) in [5.74, 6) is 0.655. The first kappa shape index (κ1) is 26.2. The third-order valence-corrected chi connectivity index (χ3v) is 5.66. The average molecular weight is 605 g/mol. The van der Waals surface area contributed by atoms with Gasteiger partial charge in [0.25, 0.3) is 11.8 Å². The third-order valence-electron chi connectivity index (χ3n) is 4.55. The number of nitrogens with one attached hydrogen (secondary N) is 2. The van der Waals surface area contributed by atoms with Crippen LogP contribution >= 0.6 is 31.9 Å². The van der Waals surface area contributed by atoms with Crippen molar-refractivity contribution in [3.63, 3.8) is 0 Å². The Morgan fingerprint density at radius 3 is 2.46 bits per heavy atom. The Kier molecular flexibility index (Phi) is 9.68. The fraction of sp³-hybridized carbons (Fsp3) is 0.160. The van der Waals surface area contributed by atoms with E-state index < -0.39 is 0 Å². The maximum absolute atomic E-state index is 12.4. The van der Waals surface area contributed by atoms with E-state index in [2.05, 4.69) is 47.7 Å². The topological polar surface area (TPSA) is 98.3 Å². The van der Waals surface area contributed by atoms with Gasteiger partial charge >= 0.3 is 0 Å². The molecular weight excluding hydrogens is 582 g/mol. The fourth-order valence-corrected chi connectivity index (χ4v) is 3.81. The predicted octanol–water partition coefficient (Wildman–Crippen LogP) is 5.40. The number of carbonyl (C=O) groups is 2. The monoisotopic (exact) mass is 603 g/mol. The number of amides is 2. The van der Waals surface area contributed by atoms with E-state index in [4.69, 9.17) is 14.2 Å². The molecule has 3 rings (SSSR count). The van der Waals surface area contributed by atoms with E-state index in [1.165, 1.54) is 13.3 Å². The summed E-state index contributed by atoms with van der Waals surface area (Å²) in [6, 6.07) is 17.5. The summed E-state index contributed by atoms with van der Waals surface area (Å²) in [7, 11) is 1.53. The van der Waals surface area contributed by atoms with Crippen LogP contribution in [0.1, 0.15) is 22.8 Å². The number of anilines is 1. The Bertz CT molecular complexity index is 1220. The number of rotatable bonds is 10. The zero-order valence-electron chi connectivity index (χ0n) is 19.0. The zero-order valence-corrected chi connectivity index (χ0v) is 22.2. The summed E-state index contributed by atoms with van der Waals surface area (Å²) >= 11 is 6.80. The summed E-state index contributed by atoms with van der Waals surface area (Å²) in [6.45, 7) is 1.98. The van der Waals surface area contributed by atoms with Crippen molar-refractivity contribution in [3.05, 3.63) is 80.7 Å². The van der Waals surface area contributed by atoms with Gasteiger partial charge in [-0.25, -0.2) is 5.43 Å². The second-order valence-electron chi connectivity index (χ2n) is 7.01. The zero-order chi connectivity index (χ0) is 25.2. The lowest BCUT2D eigenvalue weighted by molar-refractivity contribution is -0.118. The lowest BCUT2D eigenvalue weighted by atomic mass is 10.2. The lowest BCUT2D eigenvalue weighted by Crippen LogP contribution is -2.21. The van der Waals surface area contributed by atoms with E-state index in [1.54, 1.807) is 54.6 Å². The molecule has 0 aliphatic heterocycles. The molecule has 0 heterocycles. The standard InChI is InChI=1S/C25H23Br2N3O5/c1-3-34-22-13-16(14-28-30-25(32)17-8-10-18(26)11-9-17)12-19(27)24(22)35-15-23(31)29-20-6-4-5-7-21(20)33-2/h4-14H,3,15H2,1-2H3,(H,29,31)(H,30,32)/b28-14+. The van der Waals surface area contributed by atoms with Crippen molar-refractivity contribution in [2.24, 2.45) is 5.10 Å². The molecule has 10 heteroatoms. The smallest absolute Gasteiger partial charge is 0.271 e. The molecule has 35 heavy (non-hydrogen) atoms. The van der Waals surface area contributed by atoms with Crippen LogP contribution in [-0.4, -0.2) is 38.4 Å². The number of halogens is 2. The summed E-state index contributed by atoms with van der Waals surface area (Å²) in [4.78, 5) is 24.6. The number of nitrogens with zero attached hydrogens (tertiary/aromatic N) is 1. The SMILES string of the molecule is CCOc1cc(/C=N/NC(=O)c2ccc(Br)cc2)cc(Br)c1OCC(=O)Nc1ccccc1OC. The Balaban J connectivity index is 1.66. The van der Waals surface area contributed by atoms with Crippen LogP contribution in [0, 0.1) is 0 Å². The van der Waals surface area contributed by atoms with Crippen molar-refractivity contribution < 1.29 is 23.8 Å². The number of benzene rings is 3. The van der Waals surface area contributed by atoms with Gasteiger partial charge in [-0.1, -0.05) is 28.1 Å². The lowest BCUT2D eigenvalue weighted by Gasteiger charge is -2.15. The quantitative estimate of drug-likeness (QED) is 0.238. The minimum absolute atomic E-state index is 0.243. The molecule has 0 bridgehead atoms. The maximum atomic E-state index is 12.4. The second-order valence-corrected chi connectivity index (χ2v) is 8.78. The van der Waals surface area contributed by atoms with Crippen molar-refractivity contribution >= 4 is 55.6 Å². The number of carbonyl (C=O) groups excluding carboxylic acids is 2. The van der Waals surface area contributed by atoms with E-state index in [1.807, 2.05) is 13.0 Å². The van der Waals surface area contributed by atoms with Crippen molar-refractivity contribution in [1.82, 2.24) is 5.43 Å². The average Bonchev–Trinajstić information content (AvgIpc) is 2.84. The first-order valence-electron chi connectivity index (χ1n) is 10.5. The van der Waals surface area contributed by atoms with Crippen molar-refractivity contribution in [1.29, 1.82) is 0 Å². The number of para-hydroxylation sites is 2. The van der Waals surface area contributed by atoms with E-state index in [9.17, 15) is 9.59 Å². The molecule has 8 nitrogen and oxygen atoms in total. The highest BCUT2D eigenvalue weighted by atomic mass is 79.9. The van der Waals surface area contributed by atoms with Crippen LogP contribution in [-0.2, 0) is 4.79 Å². The minimum Gasteiger partial charge on any atom is -0.495 e. The van der Waals surface area contributed by atoms with Gasteiger partial charge in [-0.2, -0.15) is 5.10 Å². The molecule has 0 atom stereocenters. The first-order valence-corrected chi connectivity index (χ1v) is 12.1. The maximum Gasteiger partial charge on any atom is 0.271 e. The Hall–Kier alpha value is -3.37. The minimum atomic E-state index is -0.356. The number of methoxy groups -OCH3 is 1. The molecule has 3 aromatic rings. The van der Waals surface area contributed by atoms with E-state index in [0.29, 0.717) is 45.1 Å². The molecule has 0 saturated heterocycles. The molecule has 0 radical (unpaired) electrons. The molecule has 0 fully saturated rings. The largest absolute Gasteiger partial charge is 0.495 e. The van der Waals surface area contributed by atoms with Crippen LogP contribution < -0.4 is 25.0 Å². The Labute approximate surface area is 219 Å². The van der Waals surface area contributed by atoms with Gasteiger partial charge < -0.3 is 19.5 Å². The van der Waals surface area contributed by atoms with Crippen LogP contribution in [0.25, 0.3) is 0 Å². The molecule has 2 amide bonds. The van der Waals surface area contributed by atoms with Crippen LogP contribution in [0.3, 0.4) is 0 Å². The highest BCUT2D eigenvalue weighted by molar-refractivity contribution is 9.10. The van der Waals surface area contributed by atoms with Crippen LogP contribution in [0.5, 0.6) is 17.2 Å². The molecule has 0 saturated carbocycles. The van der Waals surface area contributed by atoms with Gasteiger partial charge in [0.2, 0.25) is 0 Å². The van der Waals surface area contributed by atoms with Gasteiger partial charge in [0.1, 0.15) is 5.75 Å². The number of ether oxygens (including phenoxy) is 3. The third kappa shape index (κ3) is 7.56. The van der Waals surface area contributed by atoms with E-state index in [0.717, 1.165) is 4.47 Å². The van der Waals surface area contributed by atoms with Gasteiger partial charge in [0, 0.05) is 10.0 Å². The van der Waals surface area contributed by atoms with Crippen molar-refractivity contribution in [2.75, 3.05) is 25.6 Å². The summed E-state index contributed by atoms with van der Waals surface area (Å²) in [5.41, 5.74) is 4.17. The summed E-state index contributed by atoms with van der Waals surface area (Å²) in [6.07, 6.45) is 1.49. The molecule has 0 aliphatic carbocycles. The van der Waals surface area contributed by atoms with Gasteiger partial charge in [-0.05, 0) is 76.9 Å². The fourth-order valence-electron chi connectivity index (χ4n) is 2.97. The van der Waals surface area contributed by atoms with Crippen LogP contribution in [0.15, 0.2) is 74.7 Å². The molecule has 3 aromatic carbocycles. The first-order chi connectivity index (χ1) is 16.9. The molecule has 0 unspecified atom stereocenters. The van der Waals surface area contributed by atoms with E-state index in [-0.39, 0.29) is 18.4 Å². The van der Waals surface area contributed by atoms with E-state index >= 15 is 0 Å². The number of hydrogen-bond donors (Lipinski definition) is 2. The highest BCUT2D eigenvalue weighted by Gasteiger charge is 2.15. The number of hydrogen-bond acceptors (Lipinski definition) is 6. The molecule has 0 spiro atoms. The molecular formula is C25H23Br2N3O5. The Morgan fingerprint density at radius 1 is 1.00 bits per heavy atom. The molecule has 2 N–H and O–H groups in total. The van der Waals surface area contributed by atoms with Crippen molar-refractivity contribution in [2.45, 2.75) is 6.92 Å². The predicted molar refractivity (Wildman–Crippen MR) is 142 cm³/mol. The molecule has 182 valence electrons. The Morgan fingerprint density at radius 2 is 1.74 bits per heavy atom. The molecule has 0 aliphatic rings. The second kappa shape index (κ2) is 12.9. The van der Waals surface area contributed by atoms with Crippen LogP contribution in [0.2, 0.25) is 0 Å². The summed E-state index contributed by atoms with van der Waals surface area (Å²) in [5, 5.41) is 6.78. The van der Waals surface area contributed by atoms with Gasteiger partial charge in [0.15, 0.2) is 18.1 Å². The highest BCUT2D eigenvalue weighted by Crippen LogP contribution is 2.36. The number of hydrazone groups is 1. The molecule has 0 aromatic heterocycles.